The smallest absolute Gasteiger partial charge is 0.416 e. The molecule has 5 nitrogen and oxygen atoms in total. The third-order valence-corrected chi connectivity index (χ3v) is 5.52. The van der Waals surface area contributed by atoms with E-state index in [4.69, 9.17) is 11.6 Å². The third-order valence-electron chi connectivity index (χ3n) is 5.09. The number of nitrogens with zero attached hydrogens (tertiary/aromatic N) is 2. The van der Waals surface area contributed by atoms with E-state index in [1.54, 1.807) is 6.07 Å². The first kappa shape index (κ1) is 20.4. The summed E-state index contributed by atoms with van der Waals surface area (Å²) in [6.45, 7) is 1.45. The molecule has 4 rings (SSSR count). The van der Waals surface area contributed by atoms with Crippen molar-refractivity contribution in [2.24, 2.45) is 0 Å². The number of halogens is 4. The first-order valence-electron chi connectivity index (χ1n) is 9.21. The van der Waals surface area contributed by atoms with Crippen molar-refractivity contribution in [3.05, 3.63) is 80.2 Å². The van der Waals surface area contributed by atoms with Crippen molar-refractivity contribution >= 4 is 11.6 Å². The van der Waals surface area contributed by atoms with E-state index >= 15 is 0 Å². The lowest BCUT2D eigenvalue weighted by atomic mass is 10.0. The number of hydrogen-bond acceptors (Lipinski definition) is 4. The minimum atomic E-state index is -4.42. The van der Waals surface area contributed by atoms with E-state index < -0.39 is 11.7 Å². The lowest BCUT2D eigenvalue weighted by Crippen LogP contribution is -2.35. The molecule has 0 amide bonds. The Labute approximate surface area is 174 Å². The Morgan fingerprint density at radius 3 is 2.60 bits per heavy atom. The summed E-state index contributed by atoms with van der Waals surface area (Å²) < 4.78 is 38.3. The number of hydrogen-bond donors (Lipinski definition) is 2. The monoisotopic (exact) mass is 435 g/mol. The molecule has 0 saturated carbocycles. The summed E-state index contributed by atoms with van der Waals surface area (Å²) in [6.07, 6.45) is -3.90. The van der Waals surface area contributed by atoms with Gasteiger partial charge in [0.1, 0.15) is 11.6 Å². The van der Waals surface area contributed by atoms with Gasteiger partial charge >= 0.3 is 6.18 Å². The number of fused-ring (bicyclic) bond motifs is 1. The summed E-state index contributed by atoms with van der Waals surface area (Å²) in [5.74, 6) is 0.254. The molecule has 0 bridgehead atoms. The highest BCUT2D eigenvalue weighted by Crippen LogP contribution is 2.31. The number of alkyl halides is 3. The van der Waals surface area contributed by atoms with Crippen molar-refractivity contribution in [3.8, 4) is 17.1 Å². The minimum Gasteiger partial charge on any atom is -0.506 e. The van der Waals surface area contributed by atoms with Gasteiger partial charge in [0.05, 0.1) is 21.8 Å². The first-order valence-corrected chi connectivity index (χ1v) is 9.58. The van der Waals surface area contributed by atoms with Crippen molar-refractivity contribution in [1.82, 2.24) is 14.9 Å². The average molecular weight is 436 g/mol. The van der Waals surface area contributed by atoms with Crippen LogP contribution in [-0.4, -0.2) is 26.5 Å². The maximum absolute atomic E-state index is 12.8. The Hall–Kier alpha value is -2.84. The Morgan fingerprint density at radius 2 is 1.90 bits per heavy atom. The lowest BCUT2D eigenvalue weighted by Gasteiger charge is -2.28. The molecule has 0 aliphatic carbocycles. The minimum absolute atomic E-state index is 0.00673. The Kier molecular flexibility index (Phi) is 5.29. The Balaban J connectivity index is 1.57. The number of phenolic OH excluding ortho intramolecular Hbond substituents is 1. The zero-order chi connectivity index (χ0) is 21.5. The van der Waals surface area contributed by atoms with Crippen LogP contribution in [0.25, 0.3) is 11.4 Å². The summed E-state index contributed by atoms with van der Waals surface area (Å²) in [6, 6.07) is 9.56. The predicted octanol–water partition coefficient (Wildman–Crippen LogP) is 4.37. The van der Waals surface area contributed by atoms with Gasteiger partial charge in [-0.2, -0.15) is 13.2 Å². The maximum Gasteiger partial charge on any atom is 0.416 e. The molecule has 0 spiro atoms. The molecule has 0 saturated heterocycles. The van der Waals surface area contributed by atoms with Gasteiger partial charge in [0, 0.05) is 31.6 Å². The van der Waals surface area contributed by atoms with E-state index in [1.165, 1.54) is 18.2 Å². The first-order chi connectivity index (χ1) is 14.2. The predicted molar refractivity (Wildman–Crippen MR) is 106 cm³/mol. The molecule has 3 aromatic rings. The second-order valence-corrected chi connectivity index (χ2v) is 7.50. The topological polar surface area (TPSA) is 69.2 Å². The fraction of sp³-hybridized carbons (Fsp3) is 0.238. The fourth-order valence-corrected chi connectivity index (χ4v) is 3.68. The number of rotatable bonds is 3. The summed E-state index contributed by atoms with van der Waals surface area (Å²) in [7, 11) is 0. The molecule has 2 heterocycles. The number of benzene rings is 2. The fourth-order valence-electron chi connectivity index (χ4n) is 3.50. The number of aromatic nitrogens is 2. The summed E-state index contributed by atoms with van der Waals surface area (Å²) in [4.78, 5) is 21.8. The maximum atomic E-state index is 12.8. The lowest BCUT2D eigenvalue weighted by molar-refractivity contribution is -0.137. The standard InChI is InChI=1S/C21H17ClF3N3O2/c22-18-13(2-1-3-17(18)29)10-28-9-8-16-15(11-28)20(30)27-19(26-16)12-4-6-14(7-5-12)21(23,24)25/h1-7,29H,8-11H2,(H,26,27,30). The highest BCUT2D eigenvalue weighted by Gasteiger charge is 2.30. The zero-order valence-corrected chi connectivity index (χ0v) is 16.4. The normalized spacial score (nSPS) is 14.5. The van der Waals surface area contributed by atoms with Crippen molar-refractivity contribution in [1.29, 1.82) is 0 Å². The van der Waals surface area contributed by atoms with E-state index in [2.05, 4.69) is 9.97 Å². The van der Waals surface area contributed by atoms with Gasteiger partial charge in [-0.1, -0.05) is 35.9 Å². The van der Waals surface area contributed by atoms with E-state index in [0.29, 0.717) is 42.9 Å². The highest BCUT2D eigenvalue weighted by molar-refractivity contribution is 6.32. The van der Waals surface area contributed by atoms with Crippen LogP contribution >= 0.6 is 11.6 Å². The second kappa shape index (κ2) is 7.77. The molecular weight excluding hydrogens is 419 g/mol. The van der Waals surface area contributed by atoms with Gasteiger partial charge in [0.2, 0.25) is 0 Å². The third kappa shape index (κ3) is 4.06. The van der Waals surface area contributed by atoms with E-state index in [0.717, 1.165) is 17.7 Å². The number of H-pyrrole nitrogens is 1. The molecule has 156 valence electrons. The molecule has 0 unspecified atom stereocenters. The van der Waals surface area contributed by atoms with Gasteiger partial charge in [-0.25, -0.2) is 4.98 Å². The molecule has 9 heteroatoms. The van der Waals surface area contributed by atoms with Crippen LogP contribution in [0.1, 0.15) is 22.4 Å². The van der Waals surface area contributed by atoms with Crippen LogP contribution in [0, 0.1) is 0 Å². The number of nitrogens with one attached hydrogen (secondary N) is 1. The van der Waals surface area contributed by atoms with Crippen molar-refractivity contribution in [2.45, 2.75) is 25.7 Å². The van der Waals surface area contributed by atoms with E-state index in [1.807, 2.05) is 11.0 Å². The molecule has 2 N–H and O–H groups in total. The number of phenols is 1. The van der Waals surface area contributed by atoms with Crippen LogP contribution in [0.3, 0.4) is 0 Å². The Bertz CT molecular complexity index is 1140. The average Bonchev–Trinajstić information content (AvgIpc) is 2.71. The molecule has 30 heavy (non-hydrogen) atoms. The van der Waals surface area contributed by atoms with Gasteiger partial charge < -0.3 is 10.1 Å². The number of aromatic hydroxyl groups is 1. The van der Waals surface area contributed by atoms with Gasteiger partial charge in [-0.15, -0.1) is 0 Å². The van der Waals surface area contributed by atoms with Crippen molar-refractivity contribution in [2.75, 3.05) is 6.54 Å². The second-order valence-electron chi connectivity index (χ2n) is 7.13. The summed E-state index contributed by atoms with van der Waals surface area (Å²) in [5, 5.41) is 10.0. The Morgan fingerprint density at radius 1 is 1.17 bits per heavy atom. The molecule has 1 aliphatic rings. The number of aromatic amines is 1. The molecule has 2 aromatic carbocycles. The van der Waals surface area contributed by atoms with Gasteiger partial charge in [-0.3, -0.25) is 9.69 Å². The summed E-state index contributed by atoms with van der Waals surface area (Å²) in [5.41, 5.74) is 1.25. The quantitative estimate of drug-likeness (QED) is 0.641. The zero-order valence-electron chi connectivity index (χ0n) is 15.6. The van der Waals surface area contributed by atoms with Crippen LogP contribution in [0.4, 0.5) is 13.2 Å². The van der Waals surface area contributed by atoms with Crippen LogP contribution < -0.4 is 5.56 Å². The van der Waals surface area contributed by atoms with E-state index in [9.17, 15) is 23.1 Å². The van der Waals surface area contributed by atoms with E-state index in [-0.39, 0.29) is 22.2 Å². The molecule has 0 fully saturated rings. The summed E-state index contributed by atoms with van der Waals surface area (Å²) >= 11 is 6.14. The highest BCUT2D eigenvalue weighted by atomic mass is 35.5. The molecule has 0 radical (unpaired) electrons. The largest absolute Gasteiger partial charge is 0.506 e. The van der Waals surface area contributed by atoms with Crippen LogP contribution in [0.2, 0.25) is 5.02 Å². The molecule has 0 atom stereocenters. The van der Waals surface area contributed by atoms with Crippen molar-refractivity contribution in [3.63, 3.8) is 0 Å². The van der Waals surface area contributed by atoms with Gasteiger partial charge in [-0.05, 0) is 23.8 Å². The van der Waals surface area contributed by atoms with Crippen molar-refractivity contribution < 1.29 is 18.3 Å². The van der Waals surface area contributed by atoms with Crippen LogP contribution in [0.15, 0.2) is 47.3 Å². The van der Waals surface area contributed by atoms with Gasteiger partial charge in [0.25, 0.3) is 5.56 Å². The SMILES string of the molecule is O=c1[nH]c(-c2ccc(C(F)(F)F)cc2)nc2c1CN(Cc1cccc(O)c1Cl)CC2. The van der Waals surface area contributed by atoms with Crippen LogP contribution in [-0.2, 0) is 25.7 Å². The molecule has 1 aromatic heterocycles. The molecular formula is C21H17ClF3N3O2. The molecule has 1 aliphatic heterocycles. The van der Waals surface area contributed by atoms with Gasteiger partial charge in [0.15, 0.2) is 0 Å². The van der Waals surface area contributed by atoms with Crippen LogP contribution in [0.5, 0.6) is 5.75 Å².